The van der Waals surface area contributed by atoms with Crippen LogP contribution in [0.15, 0.2) is 23.1 Å². The van der Waals surface area contributed by atoms with Gasteiger partial charge in [-0.2, -0.15) is 0 Å². The predicted molar refractivity (Wildman–Crippen MR) is 59.1 cm³/mol. The molecule has 2 nitrogen and oxygen atoms in total. The van der Waals surface area contributed by atoms with Crippen LogP contribution in [0.5, 0.6) is 0 Å². The number of nitrogens with zero attached hydrogens (tertiary/aromatic N) is 1. The highest BCUT2D eigenvalue weighted by atomic mass is 16.1. The summed E-state index contributed by atoms with van der Waals surface area (Å²) in [6, 6.07) is 3.37. The van der Waals surface area contributed by atoms with E-state index < -0.39 is 0 Å². The maximum absolute atomic E-state index is 10.7. The molecular weight excluding hydrogens is 162 g/mol. The standard InChI is InChI=1S/C7H9NO.2C2H6/c1-6-3-4-7(9)8(2)5-6;2*1-2/h3-5H,1-2H3;2*1-2H3. The molecule has 0 saturated heterocycles. The Bertz CT molecular complexity index is 263. The fourth-order valence-corrected chi connectivity index (χ4v) is 0.732. The Balaban J connectivity index is 0. The topological polar surface area (TPSA) is 22.0 Å². The van der Waals surface area contributed by atoms with E-state index in [4.69, 9.17) is 0 Å². The summed E-state index contributed by atoms with van der Waals surface area (Å²) in [4.78, 5) is 10.7. The number of aromatic nitrogens is 1. The van der Waals surface area contributed by atoms with Crippen LogP contribution in [0.25, 0.3) is 0 Å². The summed E-state index contributed by atoms with van der Waals surface area (Å²) >= 11 is 0. The van der Waals surface area contributed by atoms with Crippen LogP contribution in [0, 0.1) is 6.92 Å². The minimum Gasteiger partial charge on any atom is -0.318 e. The fraction of sp³-hybridized carbons (Fsp3) is 0.545. The van der Waals surface area contributed by atoms with E-state index in [0.29, 0.717) is 0 Å². The summed E-state index contributed by atoms with van der Waals surface area (Å²) in [7, 11) is 1.75. The van der Waals surface area contributed by atoms with Crippen molar-refractivity contribution in [2.75, 3.05) is 0 Å². The van der Waals surface area contributed by atoms with Gasteiger partial charge in [0.05, 0.1) is 0 Å². The van der Waals surface area contributed by atoms with Gasteiger partial charge in [-0.05, 0) is 12.5 Å². The van der Waals surface area contributed by atoms with E-state index in [1.807, 2.05) is 46.9 Å². The van der Waals surface area contributed by atoms with Gasteiger partial charge in [0.15, 0.2) is 0 Å². The van der Waals surface area contributed by atoms with Crippen molar-refractivity contribution in [2.24, 2.45) is 7.05 Å². The third-order valence-corrected chi connectivity index (χ3v) is 1.23. The first-order valence-electron chi connectivity index (χ1n) is 4.83. The van der Waals surface area contributed by atoms with Crippen LogP contribution in [0.1, 0.15) is 33.3 Å². The molecule has 1 rings (SSSR count). The number of rotatable bonds is 0. The zero-order valence-electron chi connectivity index (χ0n) is 9.59. The van der Waals surface area contributed by atoms with E-state index in [-0.39, 0.29) is 5.56 Å². The van der Waals surface area contributed by atoms with E-state index >= 15 is 0 Å². The highest BCUT2D eigenvalue weighted by Gasteiger charge is 1.86. The van der Waals surface area contributed by atoms with Crippen LogP contribution < -0.4 is 5.56 Å². The van der Waals surface area contributed by atoms with Crippen LogP contribution in [-0.2, 0) is 7.05 Å². The van der Waals surface area contributed by atoms with Crippen LogP contribution >= 0.6 is 0 Å². The summed E-state index contributed by atoms with van der Waals surface area (Å²) in [5.41, 5.74) is 1.15. The van der Waals surface area contributed by atoms with Crippen molar-refractivity contribution in [2.45, 2.75) is 34.6 Å². The summed E-state index contributed by atoms with van der Waals surface area (Å²) in [6.45, 7) is 9.96. The monoisotopic (exact) mass is 183 g/mol. The Labute approximate surface area is 81.2 Å². The maximum Gasteiger partial charge on any atom is 0.250 e. The number of hydrogen-bond acceptors (Lipinski definition) is 1. The van der Waals surface area contributed by atoms with Crippen LogP contribution in [0.3, 0.4) is 0 Å². The van der Waals surface area contributed by atoms with E-state index in [2.05, 4.69) is 0 Å². The molecule has 2 heteroatoms. The molecule has 0 N–H and O–H groups in total. The van der Waals surface area contributed by atoms with E-state index in [1.165, 1.54) is 0 Å². The molecule has 0 aliphatic heterocycles. The van der Waals surface area contributed by atoms with Gasteiger partial charge in [0.2, 0.25) is 5.56 Å². The molecule has 0 aliphatic carbocycles. The largest absolute Gasteiger partial charge is 0.318 e. The highest BCUT2D eigenvalue weighted by Crippen LogP contribution is 1.88. The lowest BCUT2D eigenvalue weighted by atomic mass is 10.3. The van der Waals surface area contributed by atoms with Gasteiger partial charge >= 0.3 is 0 Å². The highest BCUT2D eigenvalue weighted by molar-refractivity contribution is 5.06. The summed E-state index contributed by atoms with van der Waals surface area (Å²) < 4.78 is 1.56. The first-order chi connectivity index (χ1) is 6.20. The molecule has 76 valence electrons. The molecule has 1 heterocycles. The van der Waals surface area contributed by atoms with Crippen molar-refractivity contribution in [1.29, 1.82) is 0 Å². The van der Waals surface area contributed by atoms with Gasteiger partial charge in [0, 0.05) is 19.3 Å². The van der Waals surface area contributed by atoms with Crippen LogP contribution in [0.2, 0.25) is 0 Å². The minimum absolute atomic E-state index is 0.0422. The maximum atomic E-state index is 10.7. The molecule has 0 amide bonds. The normalized spacial score (nSPS) is 7.54. The summed E-state index contributed by atoms with van der Waals surface area (Å²) in [5.74, 6) is 0. The second kappa shape index (κ2) is 9.04. The van der Waals surface area contributed by atoms with Gasteiger partial charge in [-0.3, -0.25) is 4.79 Å². The smallest absolute Gasteiger partial charge is 0.250 e. The Hall–Kier alpha value is -1.05. The van der Waals surface area contributed by atoms with Crippen molar-refractivity contribution >= 4 is 0 Å². The average molecular weight is 183 g/mol. The molecule has 1 aromatic rings. The molecule has 0 unspecified atom stereocenters. The van der Waals surface area contributed by atoms with Gasteiger partial charge in [-0.15, -0.1) is 0 Å². The number of hydrogen-bond donors (Lipinski definition) is 0. The van der Waals surface area contributed by atoms with Gasteiger partial charge in [0.25, 0.3) is 0 Å². The van der Waals surface area contributed by atoms with Crippen molar-refractivity contribution in [1.82, 2.24) is 4.57 Å². The Kier molecular flexibility index (Phi) is 10.1. The molecule has 0 aromatic carbocycles. The minimum atomic E-state index is 0.0422. The molecule has 0 spiro atoms. The SMILES string of the molecule is CC.CC.Cc1ccc(=O)n(C)c1. The molecule has 0 aliphatic rings. The molecule has 0 fully saturated rings. The predicted octanol–water partition coefficient (Wildman–Crippen LogP) is 2.75. The van der Waals surface area contributed by atoms with Crippen molar-refractivity contribution < 1.29 is 0 Å². The van der Waals surface area contributed by atoms with Gasteiger partial charge in [-0.25, -0.2) is 0 Å². The van der Waals surface area contributed by atoms with Gasteiger partial charge in [0.1, 0.15) is 0 Å². The van der Waals surface area contributed by atoms with Crippen LogP contribution in [0.4, 0.5) is 0 Å². The second-order valence-corrected chi connectivity index (χ2v) is 2.16. The van der Waals surface area contributed by atoms with Crippen molar-refractivity contribution in [3.63, 3.8) is 0 Å². The molecule has 0 radical (unpaired) electrons. The Morgan fingerprint density at radius 3 is 1.85 bits per heavy atom. The zero-order valence-corrected chi connectivity index (χ0v) is 9.59. The quantitative estimate of drug-likeness (QED) is 0.606. The molecule has 1 aromatic heterocycles. The second-order valence-electron chi connectivity index (χ2n) is 2.16. The van der Waals surface area contributed by atoms with Crippen LogP contribution in [-0.4, -0.2) is 4.57 Å². The molecule has 13 heavy (non-hydrogen) atoms. The average Bonchev–Trinajstić information content (AvgIpc) is 2.18. The first-order valence-corrected chi connectivity index (χ1v) is 4.83. The molecular formula is C11H21NO. The Morgan fingerprint density at radius 2 is 1.54 bits per heavy atom. The fourth-order valence-electron chi connectivity index (χ4n) is 0.732. The van der Waals surface area contributed by atoms with Gasteiger partial charge < -0.3 is 4.57 Å². The van der Waals surface area contributed by atoms with Crippen molar-refractivity contribution in [3.8, 4) is 0 Å². The lowest BCUT2D eigenvalue weighted by molar-refractivity contribution is 0.852. The third-order valence-electron chi connectivity index (χ3n) is 1.23. The van der Waals surface area contributed by atoms with E-state index in [9.17, 15) is 4.79 Å². The summed E-state index contributed by atoms with van der Waals surface area (Å²) in [6.07, 6.45) is 1.81. The summed E-state index contributed by atoms with van der Waals surface area (Å²) in [5, 5.41) is 0. The third kappa shape index (κ3) is 6.14. The van der Waals surface area contributed by atoms with Crippen molar-refractivity contribution in [3.05, 3.63) is 34.2 Å². The zero-order chi connectivity index (χ0) is 10.9. The van der Waals surface area contributed by atoms with Gasteiger partial charge in [-0.1, -0.05) is 33.8 Å². The Morgan fingerprint density at radius 1 is 1.08 bits per heavy atom. The lowest BCUT2D eigenvalue weighted by Gasteiger charge is -1.94. The van der Waals surface area contributed by atoms with E-state index in [1.54, 1.807) is 17.7 Å². The first kappa shape index (κ1) is 14.5. The molecule has 0 bridgehead atoms. The van der Waals surface area contributed by atoms with E-state index in [0.717, 1.165) is 5.56 Å². The molecule has 0 atom stereocenters. The number of aryl methyl sites for hydroxylation is 2. The number of pyridine rings is 1. The lowest BCUT2D eigenvalue weighted by Crippen LogP contribution is -2.13. The molecule has 0 saturated carbocycles.